The summed E-state index contributed by atoms with van der Waals surface area (Å²) in [6.07, 6.45) is 1.76. The van der Waals surface area contributed by atoms with Gasteiger partial charge in [-0.2, -0.15) is 0 Å². The first-order valence-corrected chi connectivity index (χ1v) is 5.46. The number of hydrogen-bond donors (Lipinski definition) is 2. The zero-order chi connectivity index (χ0) is 11.5. The number of hydrogen-bond acceptors (Lipinski definition) is 3. The second-order valence-corrected chi connectivity index (χ2v) is 4.03. The Morgan fingerprint density at radius 2 is 1.88 bits per heavy atom. The number of aliphatic hydroxyl groups is 1. The van der Waals surface area contributed by atoms with Crippen molar-refractivity contribution in [2.45, 2.75) is 25.3 Å². The van der Waals surface area contributed by atoms with E-state index in [1.165, 1.54) is 0 Å². The van der Waals surface area contributed by atoms with Crippen molar-refractivity contribution < 1.29 is 9.90 Å². The molecule has 0 aliphatic heterocycles. The van der Waals surface area contributed by atoms with E-state index in [4.69, 9.17) is 5.73 Å². The van der Waals surface area contributed by atoms with E-state index in [0.29, 0.717) is 18.4 Å². The van der Waals surface area contributed by atoms with Gasteiger partial charge in [-0.15, -0.1) is 0 Å². The number of allylic oxidation sites excluding steroid dienone is 1. The molecule has 16 heavy (non-hydrogen) atoms. The second-order valence-electron chi connectivity index (χ2n) is 4.03. The summed E-state index contributed by atoms with van der Waals surface area (Å²) >= 11 is 0. The molecule has 3 N–H and O–H groups in total. The summed E-state index contributed by atoms with van der Waals surface area (Å²) in [7, 11) is 0. The maximum absolute atomic E-state index is 11.7. The molecule has 0 heterocycles. The van der Waals surface area contributed by atoms with Gasteiger partial charge in [0.1, 0.15) is 5.76 Å². The third kappa shape index (κ3) is 1.99. The summed E-state index contributed by atoms with van der Waals surface area (Å²) in [5, 5.41) is 9.75. The van der Waals surface area contributed by atoms with Crippen LogP contribution in [0.4, 0.5) is 0 Å². The average Bonchev–Trinajstić information content (AvgIpc) is 2.30. The zero-order valence-corrected chi connectivity index (χ0v) is 9.02. The van der Waals surface area contributed by atoms with Crippen molar-refractivity contribution in [3.63, 3.8) is 0 Å². The van der Waals surface area contributed by atoms with Crippen LogP contribution >= 0.6 is 0 Å². The highest BCUT2D eigenvalue weighted by molar-refractivity contribution is 5.97. The van der Waals surface area contributed by atoms with Crippen LogP contribution in [0.5, 0.6) is 0 Å². The molecule has 84 valence electrons. The Bertz CT molecular complexity index is 423. The van der Waals surface area contributed by atoms with Gasteiger partial charge in [-0.05, 0) is 12.0 Å². The van der Waals surface area contributed by atoms with Gasteiger partial charge in [-0.1, -0.05) is 30.3 Å². The minimum atomic E-state index is -0.506. The SMILES string of the molecule is NC(C1=C(O)CCCC1=O)c1ccccc1. The Balaban J connectivity index is 2.34. The Labute approximate surface area is 94.6 Å². The lowest BCUT2D eigenvalue weighted by Gasteiger charge is -2.20. The van der Waals surface area contributed by atoms with E-state index in [-0.39, 0.29) is 11.5 Å². The van der Waals surface area contributed by atoms with E-state index < -0.39 is 6.04 Å². The highest BCUT2D eigenvalue weighted by Crippen LogP contribution is 2.29. The van der Waals surface area contributed by atoms with Crippen molar-refractivity contribution in [2.75, 3.05) is 0 Å². The second kappa shape index (κ2) is 4.49. The van der Waals surface area contributed by atoms with Crippen molar-refractivity contribution >= 4 is 5.78 Å². The van der Waals surface area contributed by atoms with Crippen molar-refractivity contribution in [3.8, 4) is 0 Å². The van der Waals surface area contributed by atoms with Gasteiger partial charge >= 0.3 is 0 Å². The topological polar surface area (TPSA) is 63.3 Å². The van der Waals surface area contributed by atoms with Crippen molar-refractivity contribution in [2.24, 2.45) is 5.73 Å². The van der Waals surface area contributed by atoms with Crippen LogP contribution in [0.2, 0.25) is 0 Å². The van der Waals surface area contributed by atoms with Crippen LogP contribution in [0.25, 0.3) is 0 Å². The summed E-state index contributed by atoms with van der Waals surface area (Å²) in [5.41, 5.74) is 7.26. The predicted octanol–water partition coefficient (Wildman–Crippen LogP) is 2.25. The van der Waals surface area contributed by atoms with Gasteiger partial charge in [0, 0.05) is 12.8 Å². The molecule has 1 aliphatic rings. The van der Waals surface area contributed by atoms with Crippen LogP contribution < -0.4 is 5.73 Å². The standard InChI is InChI=1S/C13H15NO2/c14-13(9-5-2-1-3-6-9)12-10(15)7-4-8-11(12)16/h1-3,5-6,13,15H,4,7-8,14H2. The van der Waals surface area contributed by atoms with Crippen molar-refractivity contribution in [1.82, 2.24) is 0 Å². The number of aliphatic hydroxyl groups excluding tert-OH is 1. The molecule has 0 amide bonds. The van der Waals surface area contributed by atoms with Gasteiger partial charge in [0.2, 0.25) is 0 Å². The van der Waals surface area contributed by atoms with E-state index in [1.54, 1.807) is 0 Å². The Morgan fingerprint density at radius 3 is 2.50 bits per heavy atom. The Hall–Kier alpha value is -1.61. The number of nitrogens with two attached hydrogens (primary N) is 1. The molecule has 0 fully saturated rings. The number of carbonyl (C=O) groups is 1. The fourth-order valence-electron chi connectivity index (χ4n) is 2.03. The predicted molar refractivity (Wildman–Crippen MR) is 61.9 cm³/mol. The number of benzene rings is 1. The molecule has 0 bridgehead atoms. The molecular weight excluding hydrogens is 202 g/mol. The summed E-state index contributed by atoms with van der Waals surface area (Å²) in [6, 6.07) is 8.88. The average molecular weight is 217 g/mol. The maximum Gasteiger partial charge on any atom is 0.164 e. The lowest BCUT2D eigenvalue weighted by Crippen LogP contribution is -2.23. The van der Waals surface area contributed by atoms with E-state index in [0.717, 1.165) is 12.0 Å². The van der Waals surface area contributed by atoms with Crippen molar-refractivity contribution in [3.05, 3.63) is 47.2 Å². The monoisotopic (exact) mass is 217 g/mol. The Morgan fingerprint density at radius 1 is 1.19 bits per heavy atom. The minimum Gasteiger partial charge on any atom is -0.512 e. The molecule has 3 heteroatoms. The van der Waals surface area contributed by atoms with E-state index in [9.17, 15) is 9.90 Å². The van der Waals surface area contributed by atoms with E-state index >= 15 is 0 Å². The van der Waals surface area contributed by atoms with Crippen LogP contribution in [0.3, 0.4) is 0 Å². The Kier molecular flexibility index (Phi) is 3.06. The number of carbonyl (C=O) groups excluding carboxylic acids is 1. The normalized spacial score (nSPS) is 18.7. The molecule has 1 aliphatic carbocycles. The molecule has 0 saturated carbocycles. The number of rotatable bonds is 2. The van der Waals surface area contributed by atoms with Crippen molar-refractivity contribution in [1.29, 1.82) is 0 Å². The zero-order valence-electron chi connectivity index (χ0n) is 9.02. The molecule has 0 aromatic heterocycles. The van der Waals surface area contributed by atoms with Crippen LogP contribution in [-0.2, 0) is 4.79 Å². The molecule has 0 saturated heterocycles. The third-order valence-corrected chi connectivity index (χ3v) is 2.90. The van der Waals surface area contributed by atoms with E-state index in [2.05, 4.69) is 0 Å². The summed E-state index contributed by atoms with van der Waals surface area (Å²) in [5.74, 6) is 0.132. The van der Waals surface area contributed by atoms with Gasteiger partial charge < -0.3 is 10.8 Å². The first kappa shape index (κ1) is 10.9. The van der Waals surface area contributed by atoms with Crippen LogP contribution in [0.1, 0.15) is 30.9 Å². The molecule has 2 rings (SSSR count). The fraction of sp³-hybridized carbons (Fsp3) is 0.308. The maximum atomic E-state index is 11.7. The lowest BCUT2D eigenvalue weighted by molar-refractivity contribution is -0.116. The smallest absolute Gasteiger partial charge is 0.164 e. The molecule has 0 spiro atoms. The summed E-state index contributed by atoms with van der Waals surface area (Å²) < 4.78 is 0. The highest BCUT2D eigenvalue weighted by Gasteiger charge is 2.26. The molecule has 1 aromatic carbocycles. The number of Topliss-reactive ketones (excluding diaryl/α,β-unsaturated/α-hetero) is 1. The first-order chi connectivity index (χ1) is 7.70. The minimum absolute atomic E-state index is 0.0277. The first-order valence-electron chi connectivity index (χ1n) is 5.46. The van der Waals surface area contributed by atoms with Gasteiger partial charge in [0.15, 0.2) is 5.78 Å². The lowest BCUT2D eigenvalue weighted by atomic mass is 9.88. The van der Waals surface area contributed by atoms with Crippen LogP contribution in [-0.4, -0.2) is 10.9 Å². The summed E-state index contributed by atoms with van der Waals surface area (Å²) in [4.78, 5) is 11.7. The van der Waals surface area contributed by atoms with Gasteiger partial charge in [-0.25, -0.2) is 0 Å². The molecule has 3 nitrogen and oxygen atoms in total. The molecule has 0 radical (unpaired) electrons. The fourth-order valence-corrected chi connectivity index (χ4v) is 2.03. The molecular formula is C13H15NO2. The summed E-state index contributed by atoms with van der Waals surface area (Å²) in [6.45, 7) is 0. The van der Waals surface area contributed by atoms with Crippen LogP contribution in [0.15, 0.2) is 41.7 Å². The molecule has 1 unspecified atom stereocenters. The number of ketones is 1. The van der Waals surface area contributed by atoms with Gasteiger partial charge in [-0.3, -0.25) is 4.79 Å². The quantitative estimate of drug-likeness (QED) is 0.798. The van der Waals surface area contributed by atoms with Gasteiger partial charge in [0.25, 0.3) is 0 Å². The third-order valence-electron chi connectivity index (χ3n) is 2.90. The van der Waals surface area contributed by atoms with Gasteiger partial charge in [0.05, 0.1) is 11.6 Å². The molecule has 1 atom stereocenters. The van der Waals surface area contributed by atoms with E-state index in [1.807, 2.05) is 30.3 Å². The highest BCUT2D eigenvalue weighted by atomic mass is 16.3. The molecule has 1 aromatic rings. The largest absolute Gasteiger partial charge is 0.512 e. The van der Waals surface area contributed by atoms with Crippen LogP contribution in [0, 0.1) is 0 Å².